The summed E-state index contributed by atoms with van der Waals surface area (Å²) in [6.07, 6.45) is 5.63. The average molecular weight is 371 g/mol. The van der Waals surface area contributed by atoms with E-state index in [1.807, 2.05) is 36.4 Å². The Morgan fingerprint density at radius 1 is 1.14 bits per heavy atom. The lowest BCUT2D eigenvalue weighted by Crippen LogP contribution is -2.31. The van der Waals surface area contributed by atoms with Crippen LogP contribution in [-0.4, -0.2) is 25.7 Å². The quantitative estimate of drug-likeness (QED) is 0.581. The molecule has 0 spiro atoms. The van der Waals surface area contributed by atoms with Crippen molar-refractivity contribution in [3.63, 3.8) is 0 Å². The Morgan fingerprint density at radius 2 is 2.00 bits per heavy atom. The van der Waals surface area contributed by atoms with Crippen LogP contribution in [0.4, 0.5) is 0 Å². The molecule has 0 bridgehead atoms. The van der Waals surface area contributed by atoms with Gasteiger partial charge in [-0.3, -0.25) is 4.79 Å². The van der Waals surface area contributed by atoms with Gasteiger partial charge in [-0.15, -0.1) is 0 Å². The van der Waals surface area contributed by atoms with E-state index in [9.17, 15) is 4.79 Å². The van der Waals surface area contributed by atoms with E-state index in [4.69, 9.17) is 10.2 Å². The standard InChI is InChI=1S/C21H17N5O2/c22-20(27)21(13-15(21)14-6-2-1-3-7-14)17-12-18(26-10-5-9-23-26)25-19(24-17)16-8-4-11-28-16/h1-12,15H,13H2,(H2,22,27). The molecule has 3 aromatic heterocycles. The second-order valence-electron chi connectivity index (χ2n) is 6.87. The molecule has 7 heteroatoms. The highest BCUT2D eigenvalue weighted by Gasteiger charge is 2.62. The molecule has 4 aromatic rings. The van der Waals surface area contributed by atoms with Crippen molar-refractivity contribution in [2.75, 3.05) is 0 Å². The summed E-state index contributed by atoms with van der Waals surface area (Å²) >= 11 is 0. The van der Waals surface area contributed by atoms with E-state index < -0.39 is 11.3 Å². The van der Waals surface area contributed by atoms with Crippen molar-refractivity contribution in [1.29, 1.82) is 0 Å². The van der Waals surface area contributed by atoms with Crippen molar-refractivity contribution in [2.24, 2.45) is 5.73 Å². The van der Waals surface area contributed by atoms with Crippen LogP contribution in [0.25, 0.3) is 17.4 Å². The van der Waals surface area contributed by atoms with Crippen LogP contribution < -0.4 is 5.73 Å². The molecule has 0 radical (unpaired) electrons. The molecule has 1 aromatic carbocycles. The van der Waals surface area contributed by atoms with Crippen molar-refractivity contribution in [1.82, 2.24) is 19.7 Å². The highest BCUT2D eigenvalue weighted by atomic mass is 16.3. The smallest absolute Gasteiger partial charge is 0.230 e. The predicted molar refractivity (Wildman–Crippen MR) is 102 cm³/mol. The Bertz CT molecular complexity index is 1070. The minimum absolute atomic E-state index is 0.0176. The number of hydrogen-bond donors (Lipinski definition) is 1. The van der Waals surface area contributed by atoms with E-state index in [-0.39, 0.29) is 5.92 Å². The van der Waals surface area contributed by atoms with Crippen molar-refractivity contribution in [2.45, 2.75) is 17.8 Å². The van der Waals surface area contributed by atoms with Crippen LogP contribution in [0.2, 0.25) is 0 Å². The van der Waals surface area contributed by atoms with Crippen molar-refractivity contribution >= 4 is 5.91 Å². The van der Waals surface area contributed by atoms with Gasteiger partial charge in [-0.2, -0.15) is 5.10 Å². The summed E-state index contributed by atoms with van der Waals surface area (Å²) in [7, 11) is 0. The number of aromatic nitrogens is 4. The van der Waals surface area contributed by atoms with Gasteiger partial charge in [-0.1, -0.05) is 30.3 Å². The normalized spacial score (nSPS) is 20.8. The molecule has 2 atom stereocenters. The number of amides is 1. The largest absolute Gasteiger partial charge is 0.461 e. The van der Waals surface area contributed by atoms with Gasteiger partial charge in [0.25, 0.3) is 0 Å². The Morgan fingerprint density at radius 3 is 2.68 bits per heavy atom. The zero-order chi connectivity index (χ0) is 19.1. The Hall–Kier alpha value is -3.74. The van der Waals surface area contributed by atoms with Gasteiger partial charge in [0.2, 0.25) is 5.91 Å². The van der Waals surface area contributed by atoms with Crippen LogP contribution >= 0.6 is 0 Å². The topological polar surface area (TPSA) is 99.8 Å². The lowest BCUT2D eigenvalue weighted by molar-refractivity contribution is -0.120. The van der Waals surface area contributed by atoms with Gasteiger partial charge >= 0.3 is 0 Å². The number of nitrogens with zero attached hydrogens (tertiary/aromatic N) is 4. The van der Waals surface area contributed by atoms with Crippen LogP contribution in [-0.2, 0) is 10.2 Å². The maximum Gasteiger partial charge on any atom is 0.230 e. The molecule has 1 aliphatic carbocycles. The fourth-order valence-electron chi connectivity index (χ4n) is 3.73. The molecule has 138 valence electrons. The van der Waals surface area contributed by atoms with Crippen LogP contribution in [0.5, 0.6) is 0 Å². The third kappa shape index (κ3) is 2.51. The van der Waals surface area contributed by atoms with E-state index >= 15 is 0 Å². The molecule has 0 aliphatic heterocycles. The lowest BCUT2D eigenvalue weighted by atomic mass is 9.94. The molecule has 2 unspecified atom stereocenters. The number of hydrogen-bond acceptors (Lipinski definition) is 5. The molecule has 1 amide bonds. The van der Waals surface area contributed by atoms with E-state index in [1.54, 1.807) is 41.5 Å². The summed E-state index contributed by atoms with van der Waals surface area (Å²) in [6, 6.07) is 17.0. The molecule has 5 rings (SSSR count). The third-order valence-corrected chi connectivity index (χ3v) is 5.25. The zero-order valence-electron chi connectivity index (χ0n) is 14.9. The molecule has 0 saturated heterocycles. The number of rotatable bonds is 5. The second kappa shape index (κ2) is 6.16. The fraction of sp³-hybridized carbons (Fsp3) is 0.143. The number of furan rings is 1. The van der Waals surface area contributed by atoms with Crippen LogP contribution in [0, 0.1) is 0 Å². The van der Waals surface area contributed by atoms with Gasteiger partial charge in [0.15, 0.2) is 17.4 Å². The van der Waals surface area contributed by atoms with Gasteiger partial charge in [0, 0.05) is 24.4 Å². The van der Waals surface area contributed by atoms with Gasteiger partial charge in [-0.25, -0.2) is 14.6 Å². The fourth-order valence-corrected chi connectivity index (χ4v) is 3.73. The molecule has 1 aliphatic rings. The summed E-state index contributed by atoms with van der Waals surface area (Å²) in [4.78, 5) is 21.8. The molecule has 1 fully saturated rings. The molecule has 28 heavy (non-hydrogen) atoms. The number of nitrogens with two attached hydrogens (primary N) is 1. The first-order chi connectivity index (χ1) is 13.7. The van der Waals surface area contributed by atoms with Crippen LogP contribution in [0.3, 0.4) is 0 Å². The summed E-state index contributed by atoms with van der Waals surface area (Å²) in [5, 5.41) is 4.25. The van der Waals surface area contributed by atoms with E-state index in [0.717, 1.165) is 5.56 Å². The number of benzene rings is 1. The lowest BCUT2D eigenvalue weighted by Gasteiger charge is -2.15. The Balaban J connectivity index is 1.67. The molecule has 7 nitrogen and oxygen atoms in total. The first kappa shape index (κ1) is 16.4. The Kier molecular flexibility index (Phi) is 3.61. The zero-order valence-corrected chi connectivity index (χ0v) is 14.9. The summed E-state index contributed by atoms with van der Waals surface area (Å²) in [5.74, 6) is 1.06. The van der Waals surface area contributed by atoms with Crippen molar-refractivity contribution in [3.05, 3.63) is 84.5 Å². The highest BCUT2D eigenvalue weighted by Crippen LogP contribution is 2.60. The van der Waals surface area contributed by atoms with Gasteiger partial charge in [0.1, 0.15) is 0 Å². The monoisotopic (exact) mass is 371 g/mol. The summed E-state index contributed by atoms with van der Waals surface area (Å²) in [6.45, 7) is 0. The predicted octanol–water partition coefficient (Wildman–Crippen LogP) is 2.83. The van der Waals surface area contributed by atoms with Gasteiger partial charge < -0.3 is 10.2 Å². The molecule has 1 saturated carbocycles. The SMILES string of the molecule is NC(=O)C1(c2cc(-n3cccn3)nc(-c3ccco3)n2)CC1c1ccccc1. The molecule has 2 N–H and O–H groups in total. The molecular formula is C21H17N5O2. The maximum absolute atomic E-state index is 12.6. The minimum Gasteiger partial charge on any atom is -0.461 e. The number of primary amides is 1. The number of carbonyl (C=O) groups excluding carboxylic acids is 1. The number of carbonyl (C=O) groups is 1. The third-order valence-electron chi connectivity index (χ3n) is 5.25. The van der Waals surface area contributed by atoms with Crippen molar-refractivity contribution < 1.29 is 9.21 Å². The first-order valence-corrected chi connectivity index (χ1v) is 8.97. The molecule has 3 heterocycles. The van der Waals surface area contributed by atoms with Crippen LogP contribution in [0.15, 0.2) is 77.7 Å². The van der Waals surface area contributed by atoms with Gasteiger partial charge in [-0.05, 0) is 30.2 Å². The van der Waals surface area contributed by atoms with Crippen molar-refractivity contribution in [3.8, 4) is 17.4 Å². The minimum atomic E-state index is -0.868. The average Bonchev–Trinajstić information content (AvgIpc) is 3.08. The van der Waals surface area contributed by atoms with E-state index in [2.05, 4.69) is 15.1 Å². The van der Waals surface area contributed by atoms with E-state index in [1.165, 1.54) is 0 Å². The highest BCUT2D eigenvalue weighted by molar-refractivity contribution is 5.92. The molecular weight excluding hydrogens is 354 g/mol. The first-order valence-electron chi connectivity index (χ1n) is 8.97. The van der Waals surface area contributed by atoms with E-state index in [0.29, 0.717) is 29.5 Å². The summed E-state index contributed by atoms with van der Waals surface area (Å²) < 4.78 is 7.11. The maximum atomic E-state index is 12.6. The summed E-state index contributed by atoms with van der Waals surface area (Å²) in [5.41, 5.74) is 6.67. The Labute approximate surface area is 160 Å². The second-order valence-corrected chi connectivity index (χ2v) is 6.87. The van der Waals surface area contributed by atoms with Gasteiger partial charge in [0.05, 0.1) is 17.4 Å². The van der Waals surface area contributed by atoms with Crippen LogP contribution in [0.1, 0.15) is 23.6 Å².